The second-order valence-corrected chi connectivity index (χ2v) is 3.61. The Hall–Kier alpha value is -0.590. The molecule has 1 aliphatic heterocycles. The molecule has 13 heavy (non-hydrogen) atoms. The van der Waals surface area contributed by atoms with Crippen LogP contribution in [0.2, 0.25) is 0 Å². The first kappa shape index (κ1) is 10.5. The van der Waals surface area contributed by atoms with Crippen LogP contribution in [0, 0.1) is 11.3 Å². The highest BCUT2D eigenvalue weighted by molar-refractivity contribution is 4.87. The maximum absolute atomic E-state index is 8.66. The maximum Gasteiger partial charge on any atom is 0.0638 e. The molecule has 0 bridgehead atoms. The maximum atomic E-state index is 8.66. The van der Waals surface area contributed by atoms with Gasteiger partial charge < -0.3 is 5.32 Å². The van der Waals surface area contributed by atoms with Crippen LogP contribution in [-0.4, -0.2) is 37.1 Å². The van der Waals surface area contributed by atoms with Crippen molar-refractivity contribution in [1.82, 2.24) is 10.2 Å². The molecule has 3 nitrogen and oxygen atoms in total. The highest BCUT2D eigenvalue weighted by Gasteiger charge is 2.20. The molecule has 0 spiro atoms. The first-order chi connectivity index (χ1) is 6.38. The summed E-state index contributed by atoms with van der Waals surface area (Å²) in [6.07, 6.45) is 3.15. The molecule has 1 fully saturated rings. The molecule has 0 aliphatic carbocycles. The van der Waals surface area contributed by atoms with E-state index >= 15 is 0 Å². The van der Waals surface area contributed by atoms with Crippen LogP contribution in [0.15, 0.2) is 0 Å². The van der Waals surface area contributed by atoms with Crippen molar-refractivity contribution in [3.63, 3.8) is 0 Å². The minimum absolute atomic E-state index is 0.449. The van der Waals surface area contributed by atoms with Gasteiger partial charge in [0.05, 0.1) is 12.5 Å². The van der Waals surface area contributed by atoms with Crippen molar-refractivity contribution in [1.29, 1.82) is 5.26 Å². The van der Waals surface area contributed by atoms with Gasteiger partial charge >= 0.3 is 0 Å². The van der Waals surface area contributed by atoms with Gasteiger partial charge in [-0.1, -0.05) is 13.3 Å². The van der Waals surface area contributed by atoms with Gasteiger partial charge in [-0.2, -0.15) is 5.26 Å². The Bertz CT molecular complexity index is 173. The van der Waals surface area contributed by atoms with E-state index in [2.05, 4.69) is 23.2 Å². The largest absolute Gasteiger partial charge is 0.314 e. The molecule has 0 aromatic heterocycles. The second kappa shape index (κ2) is 5.95. The average Bonchev–Trinajstić information content (AvgIpc) is 2.17. The van der Waals surface area contributed by atoms with Gasteiger partial charge in [-0.3, -0.25) is 4.90 Å². The van der Waals surface area contributed by atoms with E-state index < -0.39 is 0 Å². The molecule has 0 aromatic rings. The van der Waals surface area contributed by atoms with Crippen LogP contribution in [0.4, 0.5) is 0 Å². The fourth-order valence-corrected chi connectivity index (χ4v) is 1.77. The van der Waals surface area contributed by atoms with E-state index in [9.17, 15) is 0 Å². The summed E-state index contributed by atoms with van der Waals surface area (Å²) in [6, 6.07) is 2.71. The van der Waals surface area contributed by atoms with Crippen molar-refractivity contribution in [2.45, 2.75) is 32.2 Å². The Morgan fingerprint density at radius 3 is 3.15 bits per heavy atom. The predicted molar refractivity (Wildman–Crippen MR) is 53.4 cm³/mol. The molecule has 1 heterocycles. The summed E-state index contributed by atoms with van der Waals surface area (Å²) in [7, 11) is 0. The van der Waals surface area contributed by atoms with E-state index in [-0.39, 0.29) is 0 Å². The zero-order valence-electron chi connectivity index (χ0n) is 8.42. The first-order valence-corrected chi connectivity index (χ1v) is 5.20. The summed E-state index contributed by atoms with van der Waals surface area (Å²) >= 11 is 0. The monoisotopic (exact) mass is 181 g/mol. The summed E-state index contributed by atoms with van der Waals surface area (Å²) in [5, 5.41) is 12.0. The summed E-state index contributed by atoms with van der Waals surface area (Å²) in [6.45, 7) is 6.53. The number of nitrogens with one attached hydrogen (secondary N) is 1. The normalized spacial score (nSPS) is 24.2. The molecule has 1 unspecified atom stereocenters. The summed E-state index contributed by atoms with van der Waals surface area (Å²) < 4.78 is 0. The third kappa shape index (κ3) is 3.33. The lowest BCUT2D eigenvalue weighted by Crippen LogP contribution is -2.51. The molecule has 1 N–H and O–H groups in total. The van der Waals surface area contributed by atoms with E-state index in [0.29, 0.717) is 12.5 Å². The van der Waals surface area contributed by atoms with Gasteiger partial charge in [0.1, 0.15) is 0 Å². The third-order valence-corrected chi connectivity index (χ3v) is 2.60. The van der Waals surface area contributed by atoms with E-state index in [1.165, 1.54) is 12.8 Å². The van der Waals surface area contributed by atoms with Crippen molar-refractivity contribution in [3.8, 4) is 6.07 Å². The number of hydrogen-bond acceptors (Lipinski definition) is 3. The topological polar surface area (TPSA) is 39.1 Å². The van der Waals surface area contributed by atoms with E-state index in [1.807, 2.05) is 0 Å². The lowest BCUT2D eigenvalue weighted by molar-refractivity contribution is 0.161. The fraction of sp³-hybridized carbons (Fsp3) is 0.900. The zero-order chi connectivity index (χ0) is 9.52. The van der Waals surface area contributed by atoms with E-state index in [0.717, 1.165) is 26.2 Å². The molecular weight excluding hydrogens is 162 g/mol. The molecule has 0 radical (unpaired) electrons. The van der Waals surface area contributed by atoms with Gasteiger partial charge in [-0.15, -0.1) is 0 Å². The van der Waals surface area contributed by atoms with Crippen molar-refractivity contribution >= 4 is 0 Å². The van der Waals surface area contributed by atoms with E-state index in [4.69, 9.17) is 5.26 Å². The van der Waals surface area contributed by atoms with Gasteiger partial charge in [-0.05, 0) is 13.0 Å². The molecule has 74 valence electrons. The predicted octanol–water partition coefficient (Wildman–Crippen LogP) is 0.974. The first-order valence-electron chi connectivity index (χ1n) is 5.20. The molecule has 0 amide bonds. The van der Waals surface area contributed by atoms with E-state index in [1.54, 1.807) is 0 Å². The van der Waals surface area contributed by atoms with Crippen LogP contribution in [0.1, 0.15) is 26.2 Å². The standard InChI is InChI=1S/C10H19N3/c1-2-3-7-13-8-6-12-9-10(13)4-5-11/h10,12H,2-4,6-9H2,1H3. The zero-order valence-corrected chi connectivity index (χ0v) is 8.42. The number of hydrogen-bond donors (Lipinski definition) is 1. The summed E-state index contributed by atoms with van der Waals surface area (Å²) in [4.78, 5) is 2.45. The summed E-state index contributed by atoms with van der Waals surface area (Å²) in [5.74, 6) is 0. The molecule has 3 heteroatoms. The molecule has 0 aromatic carbocycles. The Kier molecular flexibility index (Phi) is 4.81. The third-order valence-electron chi connectivity index (χ3n) is 2.60. The average molecular weight is 181 g/mol. The highest BCUT2D eigenvalue weighted by Crippen LogP contribution is 2.07. The molecular formula is C10H19N3. The number of unbranched alkanes of at least 4 members (excludes halogenated alkanes) is 1. The molecule has 1 saturated heterocycles. The van der Waals surface area contributed by atoms with Gasteiger partial charge in [-0.25, -0.2) is 0 Å². The van der Waals surface area contributed by atoms with Crippen molar-refractivity contribution in [2.24, 2.45) is 0 Å². The van der Waals surface area contributed by atoms with Crippen molar-refractivity contribution in [2.75, 3.05) is 26.2 Å². The Morgan fingerprint density at radius 1 is 1.62 bits per heavy atom. The Balaban J connectivity index is 2.33. The smallest absolute Gasteiger partial charge is 0.0638 e. The van der Waals surface area contributed by atoms with Gasteiger partial charge in [0.2, 0.25) is 0 Å². The molecule has 0 saturated carbocycles. The molecule has 1 rings (SSSR count). The minimum atomic E-state index is 0.449. The number of nitriles is 1. The van der Waals surface area contributed by atoms with Gasteiger partial charge in [0.15, 0.2) is 0 Å². The second-order valence-electron chi connectivity index (χ2n) is 3.61. The number of nitrogens with zero attached hydrogens (tertiary/aromatic N) is 2. The Labute approximate surface area is 80.7 Å². The quantitative estimate of drug-likeness (QED) is 0.702. The van der Waals surface area contributed by atoms with Crippen LogP contribution in [0.5, 0.6) is 0 Å². The van der Waals surface area contributed by atoms with Crippen LogP contribution in [0.3, 0.4) is 0 Å². The summed E-state index contributed by atoms with van der Waals surface area (Å²) in [5.41, 5.74) is 0. The molecule has 1 atom stereocenters. The lowest BCUT2D eigenvalue weighted by Gasteiger charge is -2.34. The van der Waals surface area contributed by atoms with Crippen LogP contribution in [0.25, 0.3) is 0 Å². The molecule has 1 aliphatic rings. The highest BCUT2D eigenvalue weighted by atomic mass is 15.2. The number of rotatable bonds is 4. The van der Waals surface area contributed by atoms with Crippen LogP contribution >= 0.6 is 0 Å². The SMILES string of the molecule is CCCCN1CCNCC1CC#N. The van der Waals surface area contributed by atoms with Crippen molar-refractivity contribution in [3.05, 3.63) is 0 Å². The Morgan fingerprint density at radius 2 is 2.46 bits per heavy atom. The van der Waals surface area contributed by atoms with Gasteiger partial charge in [0, 0.05) is 25.7 Å². The van der Waals surface area contributed by atoms with Crippen LogP contribution < -0.4 is 5.32 Å². The fourth-order valence-electron chi connectivity index (χ4n) is 1.77. The van der Waals surface area contributed by atoms with Crippen molar-refractivity contribution < 1.29 is 0 Å². The minimum Gasteiger partial charge on any atom is -0.314 e. The number of piperazine rings is 1. The van der Waals surface area contributed by atoms with Crippen LogP contribution in [-0.2, 0) is 0 Å². The van der Waals surface area contributed by atoms with Gasteiger partial charge in [0.25, 0.3) is 0 Å². The lowest BCUT2D eigenvalue weighted by atomic mass is 10.1.